The summed E-state index contributed by atoms with van der Waals surface area (Å²) in [5.74, 6) is -0.185. The van der Waals surface area contributed by atoms with Crippen LogP contribution in [0.25, 0.3) is 0 Å². The lowest BCUT2D eigenvalue weighted by molar-refractivity contribution is 0.0958. The molecular weight excluding hydrogens is 140 g/mol. The maximum absolute atomic E-state index is 11.0. The van der Waals surface area contributed by atoms with Crippen molar-refractivity contribution >= 4 is 5.91 Å². The molecule has 1 rings (SSSR count). The topological polar surface area (TPSA) is 42.0 Å². The fraction of sp³-hybridized carbons (Fsp3) is 0.125. The van der Waals surface area contributed by atoms with Crippen LogP contribution >= 0.6 is 0 Å². The molecule has 0 aliphatic rings. The highest BCUT2D eigenvalue weighted by Crippen LogP contribution is 1.98. The molecule has 1 N–H and O–H groups in total. The molecule has 0 saturated heterocycles. The standard InChI is InChI=1S/C8H9N2O/c1-6-3-4-10-7(5-6)8(11)9-2/h3-5H,1H2,2H3,(H,9,11). The summed E-state index contributed by atoms with van der Waals surface area (Å²) in [6.07, 6.45) is 1.56. The van der Waals surface area contributed by atoms with E-state index in [1.807, 2.05) is 0 Å². The third-order valence-electron chi connectivity index (χ3n) is 1.28. The van der Waals surface area contributed by atoms with Crippen LogP contribution in [-0.4, -0.2) is 17.9 Å². The Morgan fingerprint density at radius 1 is 1.73 bits per heavy atom. The zero-order valence-corrected chi connectivity index (χ0v) is 6.29. The van der Waals surface area contributed by atoms with E-state index < -0.39 is 0 Å². The summed E-state index contributed by atoms with van der Waals surface area (Å²) in [6.45, 7) is 3.68. The van der Waals surface area contributed by atoms with E-state index in [0.29, 0.717) is 5.69 Å². The number of aromatic nitrogens is 1. The molecule has 3 nitrogen and oxygen atoms in total. The predicted octanol–water partition coefficient (Wildman–Crippen LogP) is 0.623. The summed E-state index contributed by atoms with van der Waals surface area (Å²) in [5, 5.41) is 2.48. The summed E-state index contributed by atoms with van der Waals surface area (Å²) in [5.41, 5.74) is 1.19. The SMILES string of the molecule is [CH2]c1ccnc(C(=O)NC)c1. The summed E-state index contributed by atoms with van der Waals surface area (Å²) in [6, 6.07) is 3.38. The van der Waals surface area contributed by atoms with Crippen molar-refractivity contribution in [2.75, 3.05) is 7.05 Å². The van der Waals surface area contributed by atoms with Gasteiger partial charge in [-0.25, -0.2) is 0 Å². The van der Waals surface area contributed by atoms with E-state index in [1.165, 1.54) is 0 Å². The maximum atomic E-state index is 11.0. The van der Waals surface area contributed by atoms with Crippen molar-refractivity contribution in [2.24, 2.45) is 0 Å². The molecule has 57 valence electrons. The number of carbonyl (C=O) groups is 1. The molecule has 3 heteroatoms. The predicted molar refractivity (Wildman–Crippen MR) is 42.1 cm³/mol. The summed E-state index contributed by atoms with van der Waals surface area (Å²) in [7, 11) is 1.57. The molecule has 11 heavy (non-hydrogen) atoms. The number of nitrogens with zero attached hydrogens (tertiary/aromatic N) is 1. The fourth-order valence-corrected chi connectivity index (χ4v) is 0.727. The van der Waals surface area contributed by atoms with Crippen molar-refractivity contribution in [3.63, 3.8) is 0 Å². The molecule has 0 unspecified atom stereocenters. The first-order valence-corrected chi connectivity index (χ1v) is 3.24. The Labute approximate surface area is 65.5 Å². The number of nitrogens with one attached hydrogen (secondary N) is 1. The fourth-order valence-electron chi connectivity index (χ4n) is 0.727. The van der Waals surface area contributed by atoms with Gasteiger partial charge >= 0.3 is 0 Å². The van der Waals surface area contributed by atoms with E-state index in [2.05, 4.69) is 17.2 Å². The second-order valence-electron chi connectivity index (χ2n) is 2.13. The molecule has 1 aromatic heterocycles. The van der Waals surface area contributed by atoms with Gasteiger partial charge in [-0.15, -0.1) is 0 Å². The van der Waals surface area contributed by atoms with E-state index in [4.69, 9.17) is 0 Å². The molecule has 1 aromatic rings. The van der Waals surface area contributed by atoms with Gasteiger partial charge in [-0.3, -0.25) is 9.78 Å². The summed E-state index contributed by atoms with van der Waals surface area (Å²) >= 11 is 0. The second kappa shape index (κ2) is 3.14. The first-order valence-electron chi connectivity index (χ1n) is 3.24. The quantitative estimate of drug-likeness (QED) is 0.636. The molecule has 0 aromatic carbocycles. The Morgan fingerprint density at radius 2 is 2.45 bits per heavy atom. The Balaban J connectivity index is 2.96. The molecular formula is C8H9N2O. The van der Waals surface area contributed by atoms with Gasteiger partial charge in [0.1, 0.15) is 5.69 Å². The minimum absolute atomic E-state index is 0.185. The van der Waals surface area contributed by atoms with Gasteiger partial charge in [0.25, 0.3) is 5.91 Å². The lowest BCUT2D eigenvalue weighted by atomic mass is 10.2. The second-order valence-corrected chi connectivity index (χ2v) is 2.13. The van der Waals surface area contributed by atoms with Crippen LogP contribution in [-0.2, 0) is 0 Å². The Hall–Kier alpha value is -1.38. The number of carbonyl (C=O) groups excluding carboxylic acids is 1. The van der Waals surface area contributed by atoms with Gasteiger partial charge in [0.2, 0.25) is 0 Å². The molecule has 0 aliphatic heterocycles. The van der Waals surface area contributed by atoms with Gasteiger partial charge in [-0.1, -0.05) is 0 Å². The van der Waals surface area contributed by atoms with E-state index in [-0.39, 0.29) is 5.91 Å². The van der Waals surface area contributed by atoms with E-state index in [0.717, 1.165) is 5.56 Å². The number of pyridine rings is 1. The molecule has 1 heterocycles. The Bertz CT molecular complexity index is 271. The minimum Gasteiger partial charge on any atom is -0.354 e. The van der Waals surface area contributed by atoms with Gasteiger partial charge in [-0.05, 0) is 24.6 Å². The van der Waals surface area contributed by atoms with Crippen molar-refractivity contribution in [3.8, 4) is 0 Å². The monoisotopic (exact) mass is 149 g/mol. The Morgan fingerprint density at radius 3 is 3.00 bits per heavy atom. The third-order valence-corrected chi connectivity index (χ3v) is 1.28. The first kappa shape index (κ1) is 7.72. The maximum Gasteiger partial charge on any atom is 0.269 e. The number of hydrogen-bond acceptors (Lipinski definition) is 2. The largest absolute Gasteiger partial charge is 0.354 e. The third kappa shape index (κ3) is 1.77. The van der Waals surface area contributed by atoms with Crippen LogP contribution in [0.15, 0.2) is 18.3 Å². The van der Waals surface area contributed by atoms with E-state index in [9.17, 15) is 4.79 Å². The molecule has 0 spiro atoms. The van der Waals surface area contributed by atoms with Crippen LogP contribution in [0.1, 0.15) is 16.1 Å². The van der Waals surface area contributed by atoms with Gasteiger partial charge in [-0.2, -0.15) is 0 Å². The molecule has 1 amide bonds. The van der Waals surface area contributed by atoms with Crippen LogP contribution in [0.4, 0.5) is 0 Å². The van der Waals surface area contributed by atoms with Gasteiger partial charge in [0.05, 0.1) is 0 Å². The highest BCUT2D eigenvalue weighted by atomic mass is 16.1. The lowest BCUT2D eigenvalue weighted by Crippen LogP contribution is -2.19. The van der Waals surface area contributed by atoms with Gasteiger partial charge in [0, 0.05) is 13.2 Å². The molecule has 0 aliphatic carbocycles. The molecule has 0 saturated carbocycles. The summed E-state index contributed by atoms with van der Waals surface area (Å²) < 4.78 is 0. The normalized spacial score (nSPS) is 9.27. The first-order chi connectivity index (χ1) is 5.24. The van der Waals surface area contributed by atoms with E-state index in [1.54, 1.807) is 25.4 Å². The average Bonchev–Trinajstić information content (AvgIpc) is 2.03. The number of rotatable bonds is 1. The Kier molecular flexibility index (Phi) is 2.21. The highest BCUT2D eigenvalue weighted by Gasteiger charge is 2.02. The van der Waals surface area contributed by atoms with Crippen LogP contribution in [0, 0.1) is 6.92 Å². The zero-order valence-electron chi connectivity index (χ0n) is 6.29. The van der Waals surface area contributed by atoms with Crippen LogP contribution in [0.3, 0.4) is 0 Å². The van der Waals surface area contributed by atoms with Crippen LogP contribution < -0.4 is 5.32 Å². The van der Waals surface area contributed by atoms with Crippen molar-refractivity contribution in [1.82, 2.24) is 10.3 Å². The molecule has 1 radical (unpaired) electrons. The van der Waals surface area contributed by atoms with Crippen LogP contribution in [0.5, 0.6) is 0 Å². The van der Waals surface area contributed by atoms with Crippen molar-refractivity contribution in [3.05, 3.63) is 36.5 Å². The molecule has 0 fully saturated rings. The van der Waals surface area contributed by atoms with Gasteiger partial charge < -0.3 is 5.32 Å². The van der Waals surface area contributed by atoms with Crippen molar-refractivity contribution in [2.45, 2.75) is 0 Å². The zero-order chi connectivity index (χ0) is 8.27. The summed E-state index contributed by atoms with van der Waals surface area (Å²) in [4.78, 5) is 14.8. The van der Waals surface area contributed by atoms with E-state index >= 15 is 0 Å². The number of hydrogen-bond donors (Lipinski definition) is 1. The highest BCUT2D eigenvalue weighted by molar-refractivity contribution is 5.92. The van der Waals surface area contributed by atoms with Crippen molar-refractivity contribution < 1.29 is 4.79 Å². The minimum atomic E-state index is -0.185. The molecule has 0 bridgehead atoms. The lowest BCUT2D eigenvalue weighted by Gasteiger charge is -1.97. The van der Waals surface area contributed by atoms with Crippen LogP contribution in [0.2, 0.25) is 0 Å². The van der Waals surface area contributed by atoms with Crippen molar-refractivity contribution in [1.29, 1.82) is 0 Å². The smallest absolute Gasteiger partial charge is 0.269 e. The molecule has 0 atom stereocenters. The average molecular weight is 149 g/mol. The number of amides is 1. The van der Waals surface area contributed by atoms with Gasteiger partial charge in [0.15, 0.2) is 0 Å².